The maximum absolute atomic E-state index is 12.0. The molecule has 124 valence electrons. The summed E-state index contributed by atoms with van der Waals surface area (Å²) in [6.07, 6.45) is -0.187. The molecule has 1 aliphatic heterocycles. The number of urea groups is 1. The summed E-state index contributed by atoms with van der Waals surface area (Å²) in [5, 5.41) is 2.82. The van der Waals surface area contributed by atoms with E-state index in [1.54, 1.807) is 12.1 Å². The summed E-state index contributed by atoms with van der Waals surface area (Å²) in [4.78, 5) is 33.9. The van der Waals surface area contributed by atoms with Gasteiger partial charge in [0.2, 0.25) is 21.8 Å². The van der Waals surface area contributed by atoms with E-state index in [0.29, 0.717) is 0 Å². The lowest BCUT2D eigenvalue weighted by Gasteiger charge is -2.14. The number of benzene rings is 1. The van der Waals surface area contributed by atoms with Crippen molar-refractivity contribution in [3.63, 3.8) is 0 Å². The second-order valence-electron chi connectivity index (χ2n) is 4.58. The van der Waals surface area contributed by atoms with Gasteiger partial charge in [0, 0.05) is 17.4 Å². The number of carbonyl (C=O) groups excluding carboxylic acids is 3. The number of rotatable bonds is 6. The second kappa shape index (κ2) is 7.06. The first-order valence-corrected chi connectivity index (χ1v) is 8.71. The molecule has 4 amide bonds. The van der Waals surface area contributed by atoms with E-state index in [9.17, 15) is 22.8 Å². The van der Waals surface area contributed by atoms with Crippen LogP contribution < -0.4 is 15.5 Å². The number of halogens is 1. The first-order chi connectivity index (χ1) is 10.8. The molecule has 11 heteroatoms. The highest BCUT2D eigenvalue weighted by atomic mass is 79.9. The molecular weight excluding hydrogens is 392 g/mol. The summed E-state index contributed by atoms with van der Waals surface area (Å²) in [7, 11) is -3.72. The Hall–Kier alpha value is -1.98. The van der Waals surface area contributed by atoms with Crippen LogP contribution in [0.25, 0.3) is 0 Å². The van der Waals surface area contributed by atoms with Crippen LogP contribution in [-0.2, 0) is 19.6 Å². The molecule has 0 unspecified atom stereocenters. The Balaban J connectivity index is 1.82. The molecule has 1 aliphatic rings. The van der Waals surface area contributed by atoms with Crippen LogP contribution in [0.2, 0.25) is 0 Å². The van der Waals surface area contributed by atoms with Crippen LogP contribution in [0.5, 0.6) is 0 Å². The number of nitrogens with one attached hydrogen (secondary N) is 3. The summed E-state index contributed by atoms with van der Waals surface area (Å²) >= 11 is 3.21. The van der Waals surface area contributed by atoms with Crippen molar-refractivity contribution in [3.05, 3.63) is 28.7 Å². The van der Waals surface area contributed by atoms with E-state index in [-0.39, 0.29) is 24.4 Å². The summed E-state index contributed by atoms with van der Waals surface area (Å²) in [6, 6.07) is 5.30. The summed E-state index contributed by atoms with van der Waals surface area (Å²) in [5.41, 5.74) is 2.21. The van der Waals surface area contributed by atoms with Crippen LogP contribution in [-0.4, -0.2) is 44.4 Å². The summed E-state index contributed by atoms with van der Waals surface area (Å²) < 4.78 is 27.0. The van der Waals surface area contributed by atoms with Crippen LogP contribution in [0.15, 0.2) is 33.6 Å². The molecule has 2 rings (SSSR count). The maximum atomic E-state index is 12.0. The van der Waals surface area contributed by atoms with Gasteiger partial charge in [0.25, 0.3) is 0 Å². The number of amides is 4. The topological polar surface area (TPSA) is 125 Å². The number of carbonyl (C=O) groups is 3. The standard InChI is InChI=1S/C12H13BrN4O5S/c13-8-1-3-9(4-2-8)23(21,22)14-6-5-10(18)16-17-7-11(19)15-12(17)20/h1-4,14H,5-7H2,(H,16,18)(H,15,19,20). The molecule has 0 aliphatic carbocycles. The van der Waals surface area contributed by atoms with E-state index >= 15 is 0 Å². The quantitative estimate of drug-likeness (QED) is 0.561. The lowest BCUT2D eigenvalue weighted by Crippen LogP contribution is -2.45. The Kier molecular flexibility index (Phi) is 5.34. The Bertz CT molecular complexity index is 734. The van der Waals surface area contributed by atoms with Crippen molar-refractivity contribution in [1.82, 2.24) is 20.5 Å². The molecule has 23 heavy (non-hydrogen) atoms. The molecule has 3 N–H and O–H groups in total. The zero-order chi connectivity index (χ0) is 17.0. The van der Waals surface area contributed by atoms with Crippen LogP contribution in [0.4, 0.5) is 4.79 Å². The summed E-state index contributed by atoms with van der Waals surface area (Å²) in [5.74, 6) is -1.11. The SMILES string of the molecule is O=C1CN(NC(=O)CCNS(=O)(=O)c2ccc(Br)cc2)C(=O)N1. The minimum Gasteiger partial charge on any atom is -0.275 e. The third-order valence-electron chi connectivity index (χ3n) is 2.82. The normalized spacial score (nSPS) is 14.7. The molecule has 0 radical (unpaired) electrons. The lowest BCUT2D eigenvalue weighted by molar-refractivity contribution is -0.125. The van der Waals surface area contributed by atoms with Gasteiger partial charge in [0.1, 0.15) is 6.54 Å². The van der Waals surface area contributed by atoms with Gasteiger partial charge in [-0.1, -0.05) is 15.9 Å². The Morgan fingerprint density at radius 2 is 1.91 bits per heavy atom. The van der Waals surface area contributed by atoms with Gasteiger partial charge in [-0.25, -0.2) is 22.9 Å². The van der Waals surface area contributed by atoms with Crippen LogP contribution in [0.3, 0.4) is 0 Å². The van der Waals surface area contributed by atoms with E-state index in [1.165, 1.54) is 12.1 Å². The van der Waals surface area contributed by atoms with Crippen LogP contribution in [0, 0.1) is 0 Å². The predicted octanol–water partition coefficient (Wildman–Crippen LogP) is -0.300. The van der Waals surface area contributed by atoms with E-state index in [0.717, 1.165) is 9.48 Å². The van der Waals surface area contributed by atoms with Crippen molar-refractivity contribution in [2.45, 2.75) is 11.3 Å². The first-order valence-electron chi connectivity index (χ1n) is 6.44. The fourth-order valence-corrected chi connectivity index (χ4v) is 3.03. The van der Waals surface area contributed by atoms with Gasteiger partial charge in [0.05, 0.1) is 4.90 Å². The minimum absolute atomic E-state index is 0.0747. The molecule has 1 heterocycles. The Morgan fingerprint density at radius 3 is 2.48 bits per heavy atom. The number of sulfonamides is 1. The lowest BCUT2D eigenvalue weighted by atomic mass is 10.4. The van der Waals surface area contributed by atoms with Gasteiger partial charge in [-0.05, 0) is 24.3 Å². The molecule has 1 aromatic rings. The van der Waals surface area contributed by atoms with Gasteiger partial charge in [-0.3, -0.25) is 20.3 Å². The molecule has 0 atom stereocenters. The Labute approximate surface area is 140 Å². The fraction of sp³-hybridized carbons (Fsp3) is 0.250. The molecule has 1 fully saturated rings. The highest BCUT2D eigenvalue weighted by Crippen LogP contribution is 2.14. The van der Waals surface area contributed by atoms with Crippen LogP contribution >= 0.6 is 15.9 Å². The average molecular weight is 405 g/mol. The molecule has 0 saturated carbocycles. The highest BCUT2D eigenvalue weighted by molar-refractivity contribution is 9.10. The third kappa shape index (κ3) is 4.74. The van der Waals surface area contributed by atoms with E-state index in [2.05, 4.69) is 26.1 Å². The highest BCUT2D eigenvalue weighted by Gasteiger charge is 2.28. The smallest absolute Gasteiger partial charge is 0.275 e. The molecule has 9 nitrogen and oxygen atoms in total. The minimum atomic E-state index is -3.72. The van der Waals surface area contributed by atoms with Gasteiger partial charge >= 0.3 is 6.03 Å². The first kappa shape index (κ1) is 17.4. The van der Waals surface area contributed by atoms with E-state index in [1.807, 2.05) is 5.32 Å². The zero-order valence-electron chi connectivity index (χ0n) is 11.7. The van der Waals surface area contributed by atoms with E-state index in [4.69, 9.17) is 0 Å². The van der Waals surface area contributed by atoms with Crippen molar-refractivity contribution in [3.8, 4) is 0 Å². The molecule has 0 aromatic heterocycles. The molecular formula is C12H13BrN4O5S. The van der Waals surface area contributed by atoms with Crippen molar-refractivity contribution in [1.29, 1.82) is 0 Å². The summed E-state index contributed by atoms with van der Waals surface area (Å²) in [6.45, 7) is -0.414. The number of nitrogens with zero attached hydrogens (tertiary/aromatic N) is 1. The molecule has 1 saturated heterocycles. The van der Waals surface area contributed by atoms with Gasteiger partial charge < -0.3 is 0 Å². The fourth-order valence-electron chi connectivity index (χ4n) is 1.73. The third-order valence-corrected chi connectivity index (χ3v) is 4.83. The Morgan fingerprint density at radius 1 is 1.26 bits per heavy atom. The van der Waals surface area contributed by atoms with Crippen molar-refractivity contribution >= 4 is 43.8 Å². The molecule has 0 spiro atoms. The maximum Gasteiger partial charge on any atom is 0.343 e. The van der Waals surface area contributed by atoms with Gasteiger partial charge in [-0.15, -0.1) is 0 Å². The van der Waals surface area contributed by atoms with Gasteiger partial charge in [-0.2, -0.15) is 0 Å². The van der Waals surface area contributed by atoms with E-state index < -0.39 is 27.9 Å². The number of imide groups is 1. The van der Waals surface area contributed by atoms with Crippen molar-refractivity contribution in [2.75, 3.05) is 13.1 Å². The van der Waals surface area contributed by atoms with Crippen LogP contribution in [0.1, 0.15) is 6.42 Å². The monoisotopic (exact) mass is 404 g/mol. The molecule has 0 bridgehead atoms. The zero-order valence-corrected chi connectivity index (χ0v) is 14.1. The van der Waals surface area contributed by atoms with Gasteiger partial charge in [0.15, 0.2) is 0 Å². The number of hydrogen-bond acceptors (Lipinski definition) is 5. The van der Waals surface area contributed by atoms with Crippen molar-refractivity contribution in [2.24, 2.45) is 0 Å². The molecule has 1 aromatic carbocycles. The number of hydrazine groups is 1. The average Bonchev–Trinajstić information content (AvgIpc) is 2.77. The van der Waals surface area contributed by atoms with Crippen molar-refractivity contribution < 1.29 is 22.8 Å². The predicted molar refractivity (Wildman–Crippen MR) is 82.3 cm³/mol. The second-order valence-corrected chi connectivity index (χ2v) is 7.26. The largest absolute Gasteiger partial charge is 0.343 e. The number of hydrogen-bond donors (Lipinski definition) is 3.